The number of hydrogen-bond donors (Lipinski definition) is 0. The number of carbonyl (C=O) groups is 1. The summed E-state index contributed by atoms with van der Waals surface area (Å²) >= 11 is 1.54. The number of methoxy groups -OCH3 is 1. The lowest BCUT2D eigenvalue weighted by molar-refractivity contribution is 0.0465. The number of thiazole rings is 1. The summed E-state index contributed by atoms with van der Waals surface area (Å²) in [6.07, 6.45) is 5.29. The lowest BCUT2D eigenvalue weighted by Gasteiger charge is -2.41. The summed E-state index contributed by atoms with van der Waals surface area (Å²) in [5.74, 6) is 0.937. The van der Waals surface area contributed by atoms with Crippen molar-refractivity contribution >= 4 is 17.2 Å². The van der Waals surface area contributed by atoms with Crippen LogP contribution in [-0.4, -0.2) is 47.4 Å². The predicted octanol–water partition coefficient (Wildman–Crippen LogP) is 3.33. The standard InChI is InChI=1S/C19H23N3O2S/c1-24-15-6-4-5-14(11-15)16-7-10-22(16)19(23)17-12-20-18(25-17)13-21-8-2-3-9-21/h4-6,11-12,16H,2-3,7-10,13H2,1H3. The molecule has 132 valence electrons. The summed E-state index contributed by atoms with van der Waals surface area (Å²) in [7, 11) is 1.67. The fourth-order valence-corrected chi connectivity index (χ4v) is 4.50. The van der Waals surface area contributed by atoms with Crippen LogP contribution in [0.4, 0.5) is 0 Å². The largest absolute Gasteiger partial charge is 0.497 e. The molecule has 2 aliphatic rings. The van der Waals surface area contributed by atoms with E-state index in [0.29, 0.717) is 0 Å². The van der Waals surface area contributed by atoms with Gasteiger partial charge in [-0.1, -0.05) is 12.1 Å². The van der Waals surface area contributed by atoms with Crippen LogP contribution < -0.4 is 4.74 Å². The Morgan fingerprint density at radius 1 is 1.32 bits per heavy atom. The number of carbonyl (C=O) groups excluding carboxylic acids is 1. The van der Waals surface area contributed by atoms with Gasteiger partial charge in [0.05, 0.1) is 25.9 Å². The zero-order valence-electron chi connectivity index (χ0n) is 14.5. The van der Waals surface area contributed by atoms with Crippen LogP contribution in [-0.2, 0) is 6.54 Å². The first-order valence-corrected chi connectivity index (χ1v) is 9.68. The first-order chi connectivity index (χ1) is 12.2. The zero-order valence-corrected chi connectivity index (χ0v) is 15.3. The molecule has 1 atom stereocenters. The lowest BCUT2D eigenvalue weighted by Crippen LogP contribution is -2.44. The van der Waals surface area contributed by atoms with Crippen molar-refractivity contribution in [2.75, 3.05) is 26.7 Å². The molecule has 0 saturated carbocycles. The Labute approximate surface area is 152 Å². The summed E-state index contributed by atoms with van der Waals surface area (Å²) < 4.78 is 5.30. The van der Waals surface area contributed by atoms with Crippen LogP contribution in [0, 0.1) is 0 Å². The van der Waals surface area contributed by atoms with Crippen molar-refractivity contribution in [3.05, 3.63) is 45.9 Å². The Balaban J connectivity index is 1.44. The molecule has 2 aliphatic heterocycles. The second-order valence-electron chi connectivity index (χ2n) is 6.68. The van der Waals surface area contributed by atoms with E-state index in [1.807, 2.05) is 23.1 Å². The van der Waals surface area contributed by atoms with Crippen LogP contribution in [0.15, 0.2) is 30.5 Å². The number of aromatic nitrogens is 1. The van der Waals surface area contributed by atoms with Gasteiger partial charge in [-0.05, 0) is 50.0 Å². The second-order valence-corrected chi connectivity index (χ2v) is 7.80. The van der Waals surface area contributed by atoms with Gasteiger partial charge in [0, 0.05) is 6.54 Å². The van der Waals surface area contributed by atoms with Crippen molar-refractivity contribution in [1.29, 1.82) is 0 Å². The number of nitrogens with zero attached hydrogens (tertiary/aromatic N) is 3. The second kappa shape index (κ2) is 7.14. The minimum absolute atomic E-state index is 0.101. The molecule has 0 aliphatic carbocycles. The third kappa shape index (κ3) is 3.41. The maximum absolute atomic E-state index is 12.9. The third-order valence-electron chi connectivity index (χ3n) is 5.08. The molecule has 6 heteroatoms. The smallest absolute Gasteiger partial charge is 0.266 e. The molecule has 5 nitrogen and oxygen atoms in total. The van der Waals surface area contributed by atoms with E-state index in [0.717, 1.165) is 53.8 Å². The molecule has 25 heavy (non-hydrogen) atoms. The Morgan fingerprint density at radius 3 is 2.88 bits per heavy atom. The number of hydrogen-bond acceptors (Lipinski definition) is 5. The minimum Gasteiger partial charge on any atom is -0.497 e. The summed E-state index contributed by atoms with van der Waals surface area (Å²) in [4.78, 5) is 22.5. The van der Waals surface area contributed by atoms with E-state index in [2.05, 4.69) is 16.0 Å². The fraction of sp³-hybridized carbons (Fsp3) is 0.474. The van der Waals surface area contributed by atoms with Crippen molar-refractivity contribution in [1.82, 2.24) is 14.8 Å². The van der Waals surface area contributed by atoms with Crippen molar-refractivity contribution in [2.45, 2.75) is 31.8 Å². The minimum atomic E-state index is 0.101. The zero-order chi connectivity index (χ0) is 17.2. The molecule has 1 amide bonds. The topological polar surface area (TPSA) is 45.7 Å². The Kier molecular flexibility index (Phi) is 4.72. The van der Waals surface area contributed by atoms with Gasteiger partial charge in [-0.2, -0.15) is 0 Å². The van der Waals surface area contributed by atoms with Gasteiger partial charge >= 0.3 is 0 Å². The van der Waals surface area contributed by atoms with Crippen LogP contribution in [0.25, 0.3) is 0 Å². The highest BCUT2D eigenvalue weighted by Gasteiger charge is 2.35. The molecule has 4 rings (SSSR count). The molecule has 0 spiro atoms. The van der Waals surface area contributed by atoms with E-state index >= 15 is 0 Å². The van der Waals surface area contributed by atoms with Crippen LogP contribution in [0.5, 0.6) is 5.75 Å². The average molecular weight is 357 g/mol. The molecular weight excluding hydrogens is 334 g/mol. The first kappa shape index (κ1) is 16.5. The van der Waals surface area contributed by atoms with Gasteiger partial charge in [0.1, 0.15) is 15.6 Å². The van der Waals surface area contributed by atoms with Gasteiger partial charge in [0.25, 0.3) is 5.91 Å². The fourth-order valence-electron chi connectivity index (χ4n) is 3.58. The first-order valence-electron chi connectivity index (χ1n) is 8.86. The summed E-state index contributed by atoms with van der Waals surface area (Å²) in [6, 6.07) is 8.15. The van der Waals surface area contributed by atoms with E-state index in [1.54, 1.807) is 24.6 Å². The summed E-state index contributed by atoms with van der Waals surface area (Å²) in [5, 5.41) is 1.05. The van der Waals surface area contributed by atoms with Gasteiger partial charge in [-0.3, -0.25) is 9.69 Å². The molecule has 0 bridgehead atoms. The van der Waals surface area contributed by atoms with Gasteiger partial charge in [-0.15, -0.1) is 11.3 Å². The number of benzene rings is 1. The average Bonchev–Trinajstić information content (AvgIpc) is 3.26. The highest BCUT2D eigenvalue weighted by Crippen LogP contribution is 2.36. The Morgan fingerprint density at radius 2 is 2.16 bits per heavy atom. The van der Waals surface area contributed by atoms with Gasteiger partial charge in [-0.25, -0.2) is 4.98 Å². The molecule has 2 saturated heterocycles. The maximum Gasteiger partial charge on any atom is 0.266 e. The van der Waals surface area contributed by atoms with Crippen molar-refractivity contribution < 1.29 is 9.53 Å². The molecular formula is C19H23N3O2S. The quantitative estimate of drug-likeness (QED) is 0.823. The highest BCUT2D eigenvalue weighted by atomic mass is 32.1. The number of ether oxygens (including phenoxy) is 1. The molecule has 3 heterocycles. The summed E-state index contributed by atoms with van der Waals surface area (Å²) in [5.41, 5.74) is 1.14. The van der Waals surface area contributed by atoms with Crippen LogP contribution >= 0.6 is 11.3 Å². The van der Waals surface area contributed by atoms with Crippen LogP contribution in [0.1, 0.15) is 45.5 Å². The van der Waals surface area contributed by atoms with E-state index in [-0.39, 0.29) is 11.9 Å². The molecule has 2 fully saturated rings. The number of amides is 1. The molecule has 1 unspecified atom stereocenters. The van der Waals surface area contributed by atoms with E-state index in [9.17, 15) is 4.79 Å². The molecule has 0 N–H and O–H groups in total. The maximum atomic E-state index is 12.9. The van der Waals surface area contributed by atoms with Gasteiger partial charge < -0.3 is 9.64 Å². The molecule has 0 radical (unpaired) electrons. The Bertz CT molecular complexity index is 755. The molecule has 1 aromatic heterocycles. The highest BCUT2D eigenvalue weighted by molar-refractivity contribution is 7.13. The Hall–Kier alpha value is -1.92. The normalized spacial score (nSPS) is 20.5. The molecule has 1 aromatic carbocycles. The van der Waals surface area contributed by atoms with Crippen molar-refractivity contribution in [3.63, 3.8) is 0 Å². The van der Waals surface area contributed by atoms with Gasteiger partial charge in [0.15, 0.2) is 0 Å². The SMILES string of the molecule is COc1cccc(C2CCN2C(=O)c2cnc(CN3CCCC3)s2)c1. The van der Waals surface area contributed by atoms with Crippen molar-refractivity contribution in [2.24, 2.45) is 0 Å². The predicted molar refractivity (Wildman–Crippen MR) is 98.0 cm³/mol. The van der Waals surface area contributed by atoms with E-state index < -0.39 is 0 Å². The van der Waals surface area contributed by atoms with E-state index in [4.69, 9.17) is 4.74 Å². The number of rotatable bonds is 5. The lowest BCUT2D eigenvalue weighted by atomic mass is 9.94. The van der Waals surface area contributed by atoms with Crippen LogP contribution in [0.3, 0.4) is 0 Å². The van der Waals surface area contributed by atoms with E-state index in [1.165, 1.54) is 12.8 Å². The third-order valence-corrected chi connectivity index (χ3v) is 6.05. The molecule has 2 aromatic rings. The van der Waals surface area contributed by atoms with Crippen molar-refractivity contribution in [3.8, 4) is 5.75 Å². The number of likely N-dealkylation sites (tertiary alicyclic amines) is 2. The van der Waals surface area contributed by atoms with Crippen LogP contribution in [0.2, 0.25) is 0 Å². The monoisotopic (exact) mass is 357 g/mol. The van der Waals surface area contributed by atoms with Gasteiger partial charge in [0.2, 0.25) is 0 Å². The summed E-state index contributed by atoms with van der Waals surface area (Å²) in [6.45, 7) is 3.97.